The van der Waals surface area contributed by atoms with Crippen LogP contribution in [-0.2, 0) is 16.2 Å². The number of hydrogen-bond donors (Lipinski definition) is 1. The van der Waals surface area contributed by atoms with E-state index in [0.29, 0.717) is 17.1 Å². The fraction of sp³-hybridized carbons (Fsp3) is 0.0800. The number of imide groups is 2. The highest BCUT2D eigenvalue weighted by Gasteiger charge is 2.37. The van der Waals surface area contributed by atoms with Crippen molar-refractivity contribution in [1.82, 2.24) is 5.32 Å². The molecule has 0 saturated carbocycles. The highest BCUT2D eigenvalue weighted by molar-refractivity contribution is 9.10. The summed E-state index contributed by atoms with van der Waals surface area (Å²) in [6, 6.07) is 14.0. The van der Waals surface area contributed by atoms with Gasteiger partial charge in [0.25, 0.3) is 11.8 Å². The number of anilines is 1. The normalized spacial score (nSPS) is 14.8. The van der Waals surface area contributed by atoms with Gasteiger partial charge < -0.3 is 9.47 Å². The molecule has 0 spiro atoms. The van der Waals surface area contributed by atoms with E-state index in [1.165, 1.54) is 37.5 Å². The zero-order valence-corrected chi connectivity index (χ0v) is 22.3. The molecule has 4 amide bonds. The van der Waals surface area contributed by atoms with Crippen molar-refractivity contribution in [3.8, 4) is 11.5 Å². The van der Waals surface area contributed by atoms with E-state index in [0.717, 1.165) is 14.9 Å². The van der Waals surface area contributed by atoms with Crippen LogP contribution in [0.2, 0.25) is 15.1 Å². The first kappa shape index (κ1) is 26.0. The Labute approximate surface area is 229 Å². The van der Waals surface area contributed by atoms with Crippen molar-refractivity contribution >= 4 is 80.3 Å². The van der Waals surface area contributed by atoms with Gasteiger partial charge in [0.15, 0.2) is 11.5 Å². The molecular weight excluding hydrogens is 595 g/mol. The Morgan fingerprint density at radius 3 is 2.33 bits per heavy atom. The Morgan fingerprint density at radius 1 is 0.944 bits per heavy atom. The van der Waals surface area contributed by atoms with Gasteiger partial charge in [-0.3, -0.25) is 14.9 Å². The molecule has 1 fully saturated rings. The van der Waals surface area contributed by atoms with E-state index >= 15 is 0 Å². The number of nitrogens with zero attached hydrogens (tertiary/aromatic N) is 1. The van der Waals surface area contributed by atoms with Crippen molar-refractivity contribution in [3.05, 3.63) is 90.8 Å². The molecule has 0 bridgehead atoms. The average molecular weight is 611 g/mol. The number of hydrogen-bond acceptors (Lipinski definition) is 5. The quantitative estimate of drug-likeness (QED) is 0.249. The maximum atomic E-state index is 13.1. The SMILES string of the molecule is COc1cc(/C=C2\C(=O)NC(=O)N(c3ccc(Cl)c(Cl)c3)C2=O)cc(Cl)c1OCc1ccc(Br)cc1. The summed E-state index contributed by atoms with van der Waals surface area (Å²) in [5.74, 6) is -1.09. The third-order valence-corrected chi connectivity index (χ3v) is 6.67. The van der Waals surface area contributed by atoms with Crippen molar-refractivity contribution in [3.63, 3.8) is 0 Å². The lowest BCUT2D eigenvalue weighted by atomic mass is 10.1. The van der Waals surface area contributed by atoms with Crippen LogP contribution in [0, 0.1) is 0 Å². The first-order valence-electron chi connectivity index (χ1n) is 10.3. The Kier molecular flexibility index (Phi) is 7.90. The van der Waals surface area contributed by atoms with Crippen LogP contribution < -0.4 is 19.7 Å². The smallest absolute Gasteiger partial charge is 0.335 e. The van der Waals surface area contributed by atoms with Gasteiger partial charge in [-0.1, -0.05) is 62.9 Å². The number of nitrogens with one attached hydrogen (secondary N) is 1. The average Bonchev–Trinajstić information content (AvgIpc) is 2.84. The van der Waals surface area contributed by atoms with Gasteiger partial charge >= 0.3 is 6.03 Å². The molecule has 1 aliphatic rings. The number of benzene rings is 3. The largest absolute Gasteiger partial charge is 0.493 e. The molecule has 11 heteroatoms. The van der Waals surface area contributed by atoms with Gasteiger partial charge in [-0.05, 0) is 59.7 Å². The highest BCUT2D eigenvalue weighted by atomic mass is 79.9. The molecule has 0 radical (unpaired) electrons. The lowest BCUT2D eigenvalue weighted by Gasteiger charge is -2.26. The minimum Gasteiger partial charge on any atom is -0.493 e. The number of ether oxygens (including phenoxy) is 2. The van der Waals surface area contributed by atoms with Crippen molar-refractivity contribution < 1.29 is 23.9 Å². The minimum atomic E-state index is -0.909. The van der Waals surface area contributed by atoms with Gasteiger partial charge in [-0.2, -0.15) is 0 Å². The Bertz CT molecular complexity index is 1410. The summed E-state index contributed by atoms with van der Waals surface area (Å²) < 4.78 is 12.2. The van der Waals surface area contributed by atoms with Crippen molar-refractivity contribution in [2.45, 2.75) is 6.61 Å². The molecule has 4 rings (SSSR count). The second-order valence-electron chi connectivity index (χ2n) is 7.51. The van der Waals surface area contributed by atoms with Crippen LogP contribution in [0.15, 0.2) is 64.6 Å². The zero-order valence-electron chi connectivity index (χ0n) is 18.5. The third kappa shape index (κ3) is 5.52. The van der Waals surface area contributed by atoms with Crippen molar-refractivity contribution in [2.75, 3.05) is 12.0 Å². The molecule has 0 atom stereocenters. The molecule has 0 unspecified atom stereocenters. The first-order chi connectivity index (χ1) is 17.2. The second kappa shape index (κ2) is 10.9. The van der Waals surface area contributed by atoms with Crippen LogP contribution in [0.25, 0.3) is 6.08 Å². The first-order valence-corrected chi connectivity index (χ1v) is 12.2. The van der Waals surface area contributed by atoms with Crippen LogP contribution in [0.4, 0.5) is 10.5 Å². The lowest BCUT2D eigenvalue weighted by molar-refractivity contribution is -0.122. The van der Waals surface area contributed by atoms with Crippen molar-refractivity contribution in [2.24, 2.45) is 0 Å². The number of urea groups is 1. The predicted octanol–water partition coefficient (Wildman–Crippen LogP) is 6.66. The molecule has 1 saturated heterocycles. The molecule has 1 N–H and O–H groups in total. The monoisotopic (exact) mass is 608 g/mol. The number of rotatable bonds is 6. The van der Waals surface area contributed by atoms with Gasteiger partial charge in [0.05, 0.1) is 27.9 Å². The van der Waals surface area contributed by atoms with Gasteiger partial charge in [0.2, 0.25) is 0 Å². The third-order valence-electron chi connectivity index (χ3n) is 5.12. The van der Waals surface area contributed by atoms with Crippen LogP contribution in [0.1, 0.15) is 11.1 Å². The van der Waals surface area contributed by atoms with Crippen LogP contribution >= 0.6 is 50.7 Å². The summed E-state index contributed by atoms with van der Waals surface area (Å²) >= 11 is 21.8. The molecule has 1 heterocycles. The molecule has 0 aliphatic carbocycles. The zero-order chi connectivity index (χ0) is 26.0. The van der Waals surface area contributed by atoms with Crippen LogP contribution in [0.5, 0.6) is 11.5 Å². The topological polar surface area (TPSA) is 84.9 Å². The van der Waals surface area contributed by atoms with Gasteiger partial charge in [-0.25, -0.2) is 9.69 Å². The number of halogens is 4. The van der Waals surface area contributed by atoms with Gasteiger partial charge in [0.1, 0.15) is 12.2 Å². The Balaban J connectivity index is 1.64. The Hall–Kier alpha value is -3.04. The minimum absolute atomic E-state index is 0.146. The number of barbiturate groups is 1. The highest BCUT2D eigenvalue weighted by Crippen LogP contribution is 2.38. The predicted molar refractivity (Wildman–Crippen MR) is 142 cm³/mol. The summed E-state index contributed by atoms with van der Waals surface area (Å²) in [5.41, 5.74) is 1.16. The van der Waals surface area contributed by atoms with Gasteiger partial charge in [0, 0.05) is 4.47 Å². The molecule has 184 valence electrons. The van der Waals surface area contributed by atoms with E-state index in [9.17, 15) is 14.4 Å². The summed E-state index contributed by atoms with van der Waals surface area (Å²) in [7, 11) is 1.44. The maximum absolute atomic E-state index is 13.1. The van der Waals surface area contributed by atoms with Gasteiger partial charge in [-0.15, -0.1) is 0 Å². The summed E-state index contributed by atoms with van der Waals surface area (Å²) in [4.78, 5) is 38.9. The molecule has 0 aromatic heterocycles. The van der Waals surface area contributed by atoms with E-state index < -0.39 is 17.8 Å². The molecular formula is C25H16BrCl3N2O5. The molecule has 7 nitrogen and oxygen atoms in total. The van der Waals surface area contributed by atoms with E-state index in [-0.39, 0.29) is 32.9 Å². The number of carbonyl (C=O) groups excluding carboxylic acids is 3. The van der Waals surface area contributed by atoms with Crippen molar-refractivity contribution in [1.29, 1.82) is 0 Å². The summed E-state index contributed by atoms with van der Waals surface area (Å²) in [5, 5.41) is 2.76. The number of amides is 4. The number of methoxy groups -OCH3 is 1. The second-order valence-corrected chi connectivity index (χ2v) is 9.64. The number of carbonyl (C=O) groups is 3. The molecule has 1 aliphatic heterocycles. The summed E-state index contributed by atoms with van der Waals surface area (Å²) in [6.07, 6.45) is 1.31. The van der Waals surface area contributed by atoms with E-state index in [1.807, 2.05) is 24.3 Å². The van der Waals surface area contributed by atoms with Crippen LogP contribution in [0.3, 0.4) is 0 Å². The maximum Gasteiger partial charge on any atom is 0.335 e. The van der Waals surface area contributed by atoms with E-state index in [1.54, 1.807) is 6.07 Å². The Morgan fingerprint density at radius 2 is 1.67 bits per heavy atom. The molecule has 3 aromatic carbocycles. The molecule has 3 aromatic rings. The summed E-state index contributed by atoms with van der Waals surface area (Å²) in [6.45, 7) is 0.241. The lowest BCUT2D eigenvalue weighted by Crippen LogP contribution is -2.54. The fourth-order valence-electron chi connectivity index (χ4n) is 3.38. The molecule has 36 heavy (non-hydrogen) atoms. The standard InChI is InChI=1S/C25H16BrCl3N2O5/c1-35-21-10-14(9-20(29)22(21)36-12-13-2-4-15(26)5-3-13)8-17-23(32)30-25(34)31(24(17)33)16-6-7-18(27)19(28)11-16/h2-11H,12H2,1H3,(H,30,32,34)/b17-8+. The van der Waals surface area contributed by atoms with Crippen LogP contribution in [-0.4, -0.2) is 25.0 Å². The van der Waals surface area contributed by atoms with E-state index in [4.69, 9.17) is 44.3 Å². The fourth-order valence-corrected chi connectivity index (χ4v) is 4.21. The van der Waals surface area contributed by atoms with E-state index in [2.05, 4.69) is 21.2 Å².